The zero-order valence-corrected chi connectivity index (χ0v) is 21.1. The molecule has 2 unspecified atom stereocenters. The highest BCUT2D eigenvalue weighted by molar-refractivity contribution is 5.62. The summed E-state index contributed by atoms with van der Waals surface area (Å²) >= 11 is 0. The van der Waals surface area contributed by atoms with Gasteiger partial charge in [-0.3, -0.25) is 4.84 Å². The molecule has 36 heavy (non-hydrogen) atoms. The number of likely N-dealkylation sites (tertiary alicyclic amines) is 1. The van der Waals surface area contributed by atoms with Gasteiger partial charge in [0.15, 0.2) is 5.72 Å². The highest BCUT2D eigenvalue weighted by atomic mass is 19.1. The molecule has 0 bridgehead atoms. The second-order valence-corrected chi connectivity index (χ2v) is 9.63. The number of halogens is 2. The van der Waals surface area contributed by atoms with Crippen LogP contribution >= 0.6 is 0 Å². The number of aliphatic hydroxyl groups is 1. The molecule has 192 valence electrons. The molecule has 2 heterocycles. The summed E-state index contributed by atoms with van der Waals surface area (Å²) in [5, 5.41) is 10.5. The minimum atomic E-state index is -1.37. The van der Waals surface area contributed by atoms with Crippen molar-refractivity contribution >= 4 is 6.08 Å². The molecule has 0 radical (unpaired) electrons. The number of aromatic nitrogens is 2. The maximum Gasteiger partial charge on any atom is 0.190 e. The Hall–Kier alpha value is -3.07. The highest BCUT2D eigenvalue weighted by Crippen LogP contribution is 2.41. The summed E-state index contributed by atoms with van der Waals surface area (Å²) in [6.45, 7) is 10.1. The van der Waals surface area contributed by atoms with Crippen molar-refractivity contribution in [3.63, 3.8) is 0 Å². The first kappa shape index (κ1) is 26.0. The number of imidazole rings is 1. The summed E-state index contributed by atoms with van der Waals surface area (Å²) in [6, 6.07) is 3.48. The Kier molecular flexibility index (Phi) is 7.59. The molecular weight excluding hydrogens is 462 g/mol. The molecule has 0 amide bonds. The lowest BCUT2D eigenvalue weighted by Crippen LogP contribution is -2.60. The van der Waals surface area contributed by atoms with Crippen LogP contribution in [-0.4, -0.2) is 38.4 Å². The van der Waals surface area contributed by atoms with Crippen molar-refractivity contribution in [3.05, 3.63) is 88.7 Å². The van der Waals surface area contributed by atoms with Crippen LogP contribution in [0, 0.1) is 18.7 Å². The molecule has 0 saturated carbocycles. The first-order valence-corrected chi connectivity index (χ1v) is 12.3. The molecular formula is C28H34F2N4O2. The van der Waals surface area contributed by atoms with Gasteiger partial charge in [-0.15, -0.1) is 0 Å². The largest absolute Gasteiger partial charge is 0.391 e. The van der Waals surface area contributed by atoms with Gasteiger partial charge in [0.05, 0.1) is 24.3 Å². The van der Waals surface area contributed by atoms with E-state index in [1.165, 1.54) is 18.2 Å². The Balaban J connectivity index is 1.69. The van der Waals surface area contributed by atoms with E-state index in [9.17, 15) is 9.50 Å². The Morgan fingerprint density at radius 2 is 2.11 bits per heavy atom. The number of benzene rings is 1. The molecule has 2 atom stereocenters. The molecule has 1 aliphatic heterocycles. The van der Waals surface area contributed by atoms with Crippen LogP contribution in [0.5, 0.6) is 0 Å². The van der Waals surface area contributed by atoms with Crippen LogP contribution in [0.4, 0.5) is 8.78 Å². The lowest BCUT2D eigenvalue weighted by atomic mass is 9.83. The standard InChI is InChI=1S/C28H34F2N4O2/c1-5-22-11-21(13-26(30)27(22)33-15-19(3)32-17-33)12-23-7-6-8-34(20(23)4)28(16-35,36-31)24-9-18(2)10-25(29)14-24/h10-15,17,24,35H,4-9,16,31H2,1-3H3/b23-12+. The van der Waals surface area contributed by atoms with Crippen molar-refractivity contribution in [2.24, 2.45) is 11.8 Å². The van der Waals surface area contributed by atoms with E-state index >= 15 is 4.39 Å². The molecule has 2 aromatic rings. The van der Waals surface area contributed by atoms with E-state index in [1.807, 2.05) is 37.8 Å². The summed E-state index contributed by atoms with van der Waals surface area (Å²) in [4.78, 5) is 11.5. The lowest BCUT2D eigenvalue weighted by Gasteiger charge is -2.49. The van der Waals surface area contributed by atoms with Gasteiger partial charge in [0.2, 0.25) is 0 Å². The van der Waals surface area contributed by atoms with Crippen molar-refractivity contribution in [3.8, 4) is 5.69 Å². The van der Waals surface area contributed by atoms with E-state index in [0.717, 1.165) is 35.2 Å². The third-order valence-electron chi connectivity index (χ3n) is 7.13. The number of allylic oxidation sites excluding steroid dienone is 4. The van der Waals surface area contributed by atoms with Crippen LogP contribution in [0.25, 0.3) is 11.8 Å². The average Bonchev–Trinajstić information content (AvgIpc) is 3.27. The van der Waals surface area contributed by atoms with E-state index in [4.69, 9.17) is 10.7 Å². The van der Waals surface area contributed by atoms with Gasteiger partial charge >= 0.3 is 0 Å². The number of hydrogen-bond donors (Lipinski definition) is 2. The summed E-state index contributed by atoms with van der Waals surface area (Å²) in [5.74, 6) is 4.55. The number of aryl methyl sites for hydroxylation is 2. The van der Waals surface area contributed by atoms with Crippen LogP contribution in [0.3, 0.4) is 0 Å². The maximum absolute atomic E-state index is 15.3. The van der Waals surface area contributed by atoms with Crippen LogP contribution in [0.15, 0.2) is 66.1 Å². The van der Waals surface area contributed by atoms with Crippen molar-refractivity contribution in [1.29, 1.82) is 0 Å². The number of piperidine rings is 1. The maximum atomic E-state index is 15.3. The van der Waals surface area contributed by atoms with Gasteiger partial charge in [-0.25, -0.2) is 19.7 Å². The molecule has 0 spiro atoms. The molecule has 8 heteroatoms. The van der Waals surface area contributed by atoms with Crippen molar-refractivity contribution in [2.75, 3.05) is 13.2 Å². The smallest absolute Gasteiger partial charge is 0.190 e. The fourth-order valence-corrected chi connectivity index (χ4v) is 5.34. The van der Waals surface area contributed by atoms with Crippen molar-refractivity contribution < 1.29 is 18.7 Å². The SMILES string of the molecule is C=C1/C(=C/c2cc(F)c(-n3cnc(C)c3)c(CC)c2)CCCN1C(CO)(ON)C1C=C(F)C=C(C)C1. The number of nitrogens with zero attached hydrogens (tertiary/aromatic N) is 3. The lowest BCUT2D eigenvalue weighted by molar-refractivity contribution is -0.196. The van der Waals surface area contributed by atoms with Crippen LogP contribution in [0.2, 0.25) is 0 Å². The molecule has 1 aromatic heterocycles. The van der Waals surface area contributed by atoms with Gasteiger partial charge in [-0.05, 0) is 86.6 Å². The van der Waals surface area contributed by atoms with Crippen molar-refractivity contribution in [2.45, 2.75) is 52.2 Å². The molecule has 1 fully saturated rings. The topological polar surface area (TPSA) is 76.5 Å². The Labute approximate surface area is 211 Å². The predicted octanol–water partition coefficient (Wildman–Crippen LogP) is 5.27. The summed E-state index contributed by atoms with van der Waals surface area (Å²) in [5.41, 5.74) is 3.86. The third-order valence-corrected chi connectivity index (χ3v) is 7.13. The summed E-state index contributed by atoms with van der Waals surface area (Å²) in [7, 11) is 0. The van der Waals surface area contributed by atoms with Crippen LogP contribution in [-0.2, 0) is 11.3 Å². The fourth-order valence-electron chi connectivity index (χ4n) is 5.34. The quantitative estimate of drug-likeness (QED) is 0.511. The molecule has 1 saturated heterocycles. The second-order valence-electron chi connectivity index (χ2n) is 9.63. The molecule has 1 aliphatic carbocycles. The minimum absolute atomic E-state index is 0.336. The van der Waals surface area contributed by atoms with Gasteiger partial charge < -0.3 is 14.6 Å². The van der Waals surface area contributed by atoms with Gasteiger partial charge in [0, 0.05) is 24.4 Å². The number of nitrogens with two attached hydrogens (primary N) is 1. The fraction of sp³-hybridized carbons (Fsp3) is 0.393. The summed E-state index contributed by atoms with van der Waals surface area (Å²) in [6.07, 6.45) is 10.9. The number of aliphatic hydroxyl groups excluding tert-OH is 1. The Morgan fingerprint density at radius 3 is 2.72 bits per heavy atom. The Morgan fingerprint density at radius 1 is 1.33 bits per heavy atom. The summed E-state index contributed by atoms with van der Waals surface area (Å²) < 4.78 is 31.3. The predicted molar refractivity (Wildman–Crippen MR) is 137 cm³/mol. The second kappa shape index (κ2) is 10.5. The van der Waals surface area contributed by atoms with E-state index in [1.54, 1.807) is 17.1 Å². The zero-order chi connectivity index (χ0) is 26.0. The van der Waals surface area contributed by atoms with Gasteiger partial charge in [-0.1, -0.05) is 19.1 Å². The Bertz CT molecular complexity index is 1240. The first-order valence-electron chi connectivity index (χ1n) is 12.3. The monoisotopic (exact) mass is 496 g/mol. The molecule has 2 aliphatic rings. The molecule has 4 rings (SSSR count). The van der Waals surface area contributed by atoms with Crippen LogP contribution in [0.1, 0.15) is 49.9 Å². The number of rotatable bonds is 7. The molecule has 3 N–H and O–H groups in total. The van der Waals surface area contributed by atoms with E-state index in [2.05, 4.69) is 11.6 Å². The number of hydrogen-bond acceptors (Lipinski definition) is 5. The molecule has 1 aromatic carbocycles. The van der Waals surface area contributed by atoms with Gasteiger partial charge in [0.1, 0.15) is 11.6 Å². The normalized spacial score (nSPS) is 21.4. The minimum Gasteiger partial charge on any atom is -0.391 e. The van der Waals surface area contributed by atoms with Gasteiger partial charge in [0.25, 0.3) is 0 Å². The molecule has 6 nitrogen and oxygen atoms in total. The third kappa shape index (κ3) is 4.81. The van der Waals surface area contributed by atoms with Gasteiger partial charge in [-0.2, -0.15) is 0 Å². The highest BCUT2D eigenvalue weighted by Gasteiger charge is 2.47. The first-order chi connectivity index (χ1) is 17.2. The van der Waals surface area contributed by atoms with Crippen LogP contribution < -0.4 is 5.90 Å². The van der Waals surface area contributed by atoms with E-state index in [-0.39, 0.29) is 11.6 Å². The van der Waals surface area contributed by atoms with E-state index in [0.29, 0.717) is 36.3 Å². The zero-order valence-electron chi connectivity index (χ0n) is 21.1. The average molecular weight is 497 g/mol. The van der Waals surface area contributed by atoms with E-state index < -0.39 is 18.2 Å². The van der Waals surface area contributed by atoms with Crippen molar-refractivity contribution in [1.82, 2.24) is 14.5 Å².